The molecule has 0 rings (SSSR count). The van der Waals surface area contributed by atoms with Crippen molar-refractivity contribution in [2.75, 3.05) is 6.61 Å². The molecule has 0 bridgehead atoms. The molecule has 0 saturated heterocycles. The molecule has 0 fully saturated rings. The molecule has 0 atom stereocenters. The number of carbonyl (C=O) groups is 1. The lowest BCUT2D eigenvalue weighted by atomic mass is 10.3. The summed E-state index contributed by atoms with van der Waals surface area (Å²) >= 11 is 0. The second-order valence-electron chi connectivity index (χ2n) is 1.05. The van der Waals surface area contributed by atoms with Gasteiger partial charge >= 0.3 is 5.97 Å². The van der Waals surface area contributed by atoms with Crippen molar-refractivity contribution in [3.8, 4) is 0 Å². The summed E-state index contributed by atoms with van der Waals surface area (Å²) < 4.78 is 0. The minimum Gasteiger partial charge on any atom is -0.478 e. The van der Waals surface area contributed by atoms with E-state index >= 15 is 0 Å². The summed E-state index contributed by atoms with van der Waals surface area (Å²) in [4.78, 5) is 9.63. The van der Waals surface area contributed by atoms with Gasteiger partial charge in [-0.15, -0.1) is 0 Å². The van der Waals surface area contributed by atoms with Crippen LogP contribution >= 0.6 is 0 Å². The van der Waals surface area contributed by atoms with E-state index < -0.39 is 12.6 Å². The topological polar surface area (TPSA) is 85.7 Å². The van der Waals surface area contributed by atoms with E-state index in [0.717, 1.165) is 0 Å². The maximum absolute atomic E-state index is 9.63. The molecule has 0 aromatic heterocycles. The number of aliphatic carboxylic acids is 1. The standard InChI is InChI=1S/C4H5O3.O/c1-3(2-5)4(6)7;/h1-2H2,(H,6,7);. The van der Waals surface area contributed by atoms with Crippen molar-refractivity contribution in [1.29, 1.82) is 0 Å². The molecule has 4 nitrogen and oxygen atoms in total. The van der Waals surface area contributed by atoms with Crippen LogP contribution in [0.3, 0.4) is 0 Å². The number of hydrogen-bond acceptors (Lipinski definition) is 1. The Balaban J connectivity index is 0. The van der Waals surface area contributed by atoms with Crippen molar-refractivity contribution < 1.29 is 20.5 Å². The summed E-state index contributed by atoms with van der Waals surface area (Å²) in [6, 6.07) is 0. The van der Waals surface area contributed by atoms with Gasteiger partial charge in [0.25, 0.3) is 0 Å². The predicted octanol–water partition coefficient (Wildman–Crippen LogP) is -0.0611. The highest BCUT2D eigenvalue weighted by molar-refractivity contribution is 5.85. The van der Waals surface area contributed by atoms with Gasteiger partial charge in [0.05, 0.1) is 5.57 Å². The van der Waals surface area contributed by atoms with Crippen LogP contribution in [-0.2, 0) is 15.4 Å². The number of rotatable bonds is 2. The molecule has 1 N–H and O–H groups in total. The van der Waals surface area contributed by atoms with E-state index in [1.165, 1.54) is 0 Å². The monoisotopic (exact) mass is 117 g/mol. The highest BCUT2D eigenvalue weighted by atomic mass is 16.4. The normalized spacial score (nSPS) is 7.12. The number of carboxylic acid groups (broad SMARTS) is 1. The van der Waals surface area contributed by atoms with Crippen molar-refractivity contribution in [3.05, 3.63) is 12.2 Å². The Hall–Kier alpha value is -0.870. The first-order chi connectivity index (χ1) is 3.18. The molecule has 0 heterocycles. The Morgan fingerprint density at radius 3 is 2.00 bits per heavy atom. The smallest absolute Gasteiger partial charge is 0.333 e. The van der Waals surface area contributed by atoms with Crippen LogP contribution in [0.25, 0.3) is 0 Å². The first-order valence-electron chi connectivity index (χ1n) is 1.67. The second-order valence-corrected chi connectivity index (χ2v) is 1.05. The maximum atomic E-state index is 9.63. The van der Waals surface area contributed by atoms with Gasteiger partial charge in [-0.1, -0.05) is 6.58 Å². The number of hydrogen-bond donors (Lipinski definition) is 1. The summed E-state index contributed by atoms with van der Waals surface area (Å²) in [6.07, 6.45) is 0. The molecule has 8 heavy (non-hydrogen) atoms. The van der Waals surface area contributed by atoms with Gasteiger partial charge in [0, 0.05) is 5.48 Å². The first-order valence-corrected chi connectivity index (χ1v) is 1.67. The minimum absolute atomic E-state index is 0. The summed E-state index contributed by atoms with van der Waals surface area (Å²) in [5.41, 5.74) is -0.292. The van der Waals surface area contributed by atoms with E-state index in [2.05, 4.69) is 6.58 Å². The lowest BCUT2D eigenvalue weighted by Gasteiger charge is -1.85. The molecular weight excluding hydrogens is 112 g/mol. The van der Waals surface area contributed by atoms with Crippen molar-refractivity contribution in [2.45, 2.75) is 0 Å². The third-order valence-electron chi connectivity index (χ3n) is 0.477. The Bertz CT molecular complexity index is 96.2. The van der Waals surface area contributed by atoms with Crippen LogP contribution < -0.4 is 0 Å². The molecule has 0 aromatic rings. The Morgan fingerprint density at radius 2 is 2.00 bits per heavy atom. The fourth-order valence-corrected chi connectivity index (χ4v) is 0.0617. The highest BCUT2D eigenvalue weighted by Crippen LogP contribution is 1.83. The molecule has 0 unspecified atom stereocenters. The fraction of sp³-hybridized carbons (Fsp3) is 0.250. The van der Waals surface area contributed by atoms with Crippen molar-refractivity contribution >= 4 is 5.97 Å². The van der Waals surface area contributed by atoms with Crippen molar-refractivity contribution in [2.24, 2.45) is 0 Å². The predicted molar refractivity (Wildman–Crippen MR) is 23.0 cm³/mol. The zero-order valence-corrected chi connectivity index (χ0v) is 4.09. The van der Waals surface area contributed by atoms with E-state index in [0.29, 0.717) is 0 Å². The molecule has 0 aromatic carbocycles. The minimum atomic E-state index is -1.21. The van der Waals surface area contributed by atoms with Crippen molar-refractivity contribution in [1.82, 2.24) is 0 Å². The second kappa shape index (κ2) is 4.29. The quantitative estimate of drug-likeness (QED) is 0.513. The van der Waals surface area contributed by atoms with Gasteiger partial charge in [0.15, 0.2) is 0 Å². The Kier molecular flexibility index (Phi) is 5.46. The summed E-state index contributed by atoms with van der Waals surface area (Å²) in [7, 11) is 0. The average Bonchev–Trinajstić information content (AvgIpc) is 1.65. The van der Waals surface area contributed by atoms with Crippen LogP contribution in [0.4, 0.5) is 0 Å². The van der Waals surface area contributed by atoms with E-state index in [1.54, 1.807) is 0 Å². The fourth-order valence-electron chi connectivity index (χ4n) is 0.0617. The third-order valence-corrected chi connectivity index (χ3v) is 0.477. The SMILES string of the molecule is C=C(C[O])C(=O)O.[O]. The molecule has 0 aliphatic carbocycles. The van der Waals surface area contributed by atoms with Crippen LogP contribution in [0, 0.1) is 0 Å². The van der Waals surface area contributed by atoms with Gasteiger partial charge in [-0.05, 0) is 0 Å². The van der Waals surface area contributed by atoms with Crippen LogP contribution in [0.5, 0.6) is 0 Å². The first kappa shape index (κ1) is 10.2. The molecule has 0 spiro atoms. The van der Waals surface area contributed by atoms with E-state index in [4.69, 9.17) is 5.11 Å². The Morgan fingerprint density at radius 1 is 1.62 bits per heavy atom. The maximum Gasteiger partial charge on any atom is 0.333 e. The molecule has 4 heteroatoms. The van der Waals surface area contributed by atoms with Crippen LogP contribution in [0.2, 0.25) is 0 Å². The van der Waals surface area contributed by atoms with Crippen LogP contribution in [-0.4, -0.2) is 17.7 Å². The van der Waals surface area contributed by atoms with Gasteiger partial charge in [0.1, 0.15) is 6.61 Å². The lowest BCUT2D eigenvalue weighted by molar-refractivity contribution is -0.133. The van der Waals surface area contributed by atoms with E-state index in [1.807, 2.05) is 0 Å². The van der Waals surface area contributed by atoms with E-state index in [9.17, 15) is 9.90 Å². The van der Waals surface area contributed by atoms with E-state index in [-0.39, 0.29) is 11.0 Å². The highest BCUT2D eigenvalue weighted by Gasteiger charge is 1.99. The molecule has 0 aliphatic heterocycles. The van der Waals surface area contributed by atoms with Gasteiger partial charge in [0.2, 0.25) is 0 Å². The molecule has 45 valence electrons. The van der Waals surface area contributed by atoms with Gasteiger partial charge in [-0.2, -0.15) is 0 Å². The average molecular weight is 117 g/mol. The summed E-state index contributed by atoms with van der Waals surface area (Å²) in [5.74, 6) is -1.21. The van der Waals surface area contributed by atoms with Gasteiger partial charge in [-0.3, -0.25) is 0 Å². The van der Waals surface area contributed by atoms with Crippen LogP contribution in [0.15, 0.2) is 12.2 Å². The Labute approximate surface area is 46.4 Å². The van der Waals surface area contributed by atoms with Gasteiger partial charge < -0.3 is 5.11 Å². The zero-order chi connectivity index (χ0) is 5.86. The molecule has 0 amide bonds. The largest absolute Gasteiger partial charge is 0.478 e. The molecule has 3 radical (unpaired) electrons. The van der Waals surface area contributed by atoms with Crippen molar-refractivity contribution in [3.63, 3.8) is 0 Å². The third kappa shape index (κ3) is 3.32. The van der Waals surface area contributed by atoms with Crippen LogP contribution in [0.1, 0.15) is 0 Å². The molecular formula is C4H5O4. The molecule has 0 aliphatic rings. The summed E-state index contributed by atoms with van der Waals surface area (Å²) in [5, 5.41) is 17.5. The van der Waals surface area contributed by atoms with Gasteiger partial charge in [-0.25, -0.2) is 9.90 Å². The lowest BCUT2D eigenvalue weighted by Crippen LogP contribution is -2.00. The zero-order valence-electron chi connectivity index (χ0n) is 4.09. The number of carboxylic acids is 1. The molecule has 0 saturated carbocycles. The summed E-state index contributed by atoms with van der Waals surface area (Å²) in [6.45, 7) is 2.23.